The molecule has 1 rings (SSSR count). The summed E-state index contributed by atoms with van der Waals surface area (Å²) >= 11 is 0. The molecular formula is C15H19F2NO3. The molecule has 0 aliphatic heterocycles. The van der Waals surface area contributed by atoms with Gasteiger partial charge in [-0.3, -0.25) is 4.79 Å². The van der Waals surface area contributed by atoms with Crippen LogP contribution in [0.5, 0.6) is 11.5 Å². The molecule has 0 saturated heterocycles. The summed E-state index contributed by atoms with van der Waals surface area (Å²) in [6.45, 7) is 2.55. The Kier molecular flexibility index (Phi) is 5.69. The highest BCUT2D eigenvalue weighted by Crippen LogP contribution is 2.33. The zero-order valence-electron chi connectivity index (χ0n) is 12.4. The van der Waals surface area contributed by atoms with E-state index in [1.165, 1.54) is 25.3 Å². The van der Waals surface area contributed by atoms with Crippen molar-refractivity contribution in [1.82, 2.24) is 5.32 Å². The van der Waals surface area contributed by atoms with E-state index >= 15 is 0 Å². The number of methoxy groups -OCH3 is 1. The minimum absolute atomic E-state index is 0.102. The third kappa shape index (κ3) is 5.81. The van der Waals surface area contributed by atoms with Crippen molar-refractivity contribution in [3.63, 3.8) is 0 Å². The van der Waals surface area contributed by atoms with Gasteiger partial charge in [-0.15, -0.1) is 0 Å². The second-order valence-corrected chi connectivity index (χ2v) is 5.33. The van der Waals surface area contributed by atoms with Gasteiger partial charge in [0, 0.05) is 17.2 Å². The fraction of sp³-hybridized carbons (Fsp3) is 0.400. The van der Waals surface area contributed by atoms with Gasteiger partial charge in [0.15, 0.2) is 11.5 Å². The number of alkyl halides is 2. The number of ether oxygens (including phenoxy) is 2. The van der Waals surface area contributed by atoms with Crippen LogP contribution in [0.25, 0.3) is 6.08 Å². The molecule has 0 unspecified atom stereocenters. The Morgan fingerprint density at radius 2 is 2.00 bits per heavy atom. The van der Waals surface area contributed by atoms with E-state index < -0.39 is 6.61 Å². The lowest BCUT2D eigenvalue weighted by Gasteiger charge is -2.19. The number of carbonyl (C=O) groups is 1. The standard InChI is InChI=1S/C15H19F2NO3/c1-15(2,3)18-12(19)9-8-10-6-5-7-11(20-4)13(10)21-14(16)17/h5-9,14H,1-4H3,(H,18,19)/b9-8+. The van der Waals surface area contributed by atoms with Gasteiger partial charge in [0.2, 0.25) is 5.91 Å². The number of hydrogen-bond donors (Lipinski definition) is 1. The van der Waals surface area contributed by atoms with Crippen molar-refractivity contribution in [3.8, 4) is 11.5 Å². The number of benzene rings is 1. The molecule has 0 atom stereocenters. The van der Waals surface area contributed by atoms with Crippen LogP contribution in [0.2, 0.25) is 0 Å². The summed E-state index contributed by atoms with van der Waals surface area (Å²) in [7, 11) is 1.35. The van der Waals surface area contributed by atoms with Crippen LogP contribution < -0.4 is 14.8 Å². The maximum atomic E-state index is 12.5. The molecule has 0 radical (unpaired) electrons. The lowest BCUT2D eigenvalue weighted by atomic mass is 10.1. The molecular weight excluding hydrogens is 280 g/mol. The third-order valence-corrected chi connectivity index (χ3v) is 2.35. The van der Waals surface area contributed by atoms with Crippen LogP contribution in [0, 0.1) is 0 Å². The molecule has 0 bridgehead atoms. The summed E-state index contributed by atoms with van der Waals surface area (Å²) in [6.07, 6.45) is 2.67. The van der Waals surface area contributed by atoms with Gasteiger partial charge in [-0.05, 0) is 32.9 Å². The molecule has 0 aromatic heterocycles. The van der Waals surface area contributed by atoms with E-state index in [1.807, 2.05) is 20.8 Å². The van der Waals surface area contributed by atoms with E-state index in [4.69, 9.17) is 4.74 Å². The maximum Gasteiger partial charge on any atom is 0.387 e. The minimum atomic E-state index is -2.98. The van der Waals surface area contributed by atoms with E-state index in [9.17, 15) is 13.6 Å². The van der Waals surface area contributed by atoms with Gasteiger partial charge in [-0.1, -0.05) is 12.1 Å². The normalized spacial score (nSPS) is 11.8. The van der Waals surface area contributed by atoms with Gasteiger partial charge < -0.3 is 14.8 Å². The topological polar surface area (TPSA) is 47.6 Å². The summed E-state index contributed by atoms with van der Waals surface area (Å²) in [4.78, 5) is 11.7. The Balaban J connectivity index is 2.99. The van der Waals surface area contributed by atoms with Crippen LogP contribution >= 0.6 is 0 Å². The average molecular weight is 299 g/mol. The van der Waals surface area contributed by atoms with Crippen molar-refractivity contribution in [1.29, 1.82) is 0 Å². The summed E-state index contributed by atoms with van der Waals surface area (Å²) in [5, 5.41) is 2.73. The van der Waals surface area contributed by atoms with E-state index in [0.717, 1.165) is 0 Å². The molecule has 1 N–H and O–H groups in total. The molecule has 0 fully saturated rings. The predicted molar refractivity (Wildman–Crippen MR) is 76.6 cm³/mol. The fourth-order valence-electron chi connectivity index (χ4n) is 1.62. The summed E-state index contributed by atoms with van der Waals surface area (Å²) < 4.78 is 34.4. The van der Waals surface area contributed by atoms with Crippen LogP contribution in [0.3, 0.4) is 0 Å². The predicted octanol–water partition coefficient (Wildman–Crippen LogP) is 3.22. The van der Waals surface area contributed by atoms with E-state index in [1.54, 1.807) is 12.1 Å². The molecule has 0 saturated carbocycles. The van der Waals surface area contributed by atoms with E-state index in [2.05, 4.69) is 10.1 Å². The summed E-state index contributed by atoms with van der Waals surface area (Å²) in [6, 6.07) is 4.68. The first-order valence-electron chi connectivity index (χ1n) is 6.35. The van der Waals surface area contributed by atoms with Crippen molar-refractivity contribution in [3.05, 3.63) is 29.8 Å². The Morgan fingerprint density at radius 3 is 2.52 bits per heavy atom. The zero-order chi connectivity index (χ0) is 16.0. The minimum Gasteiger partial charge on any atom is -0.493 e. The number of carbonyl (C=O) groups excluding carboxylic acids is 1. The monoisotopic (exact) mass is 299 g/mol. The third-order valence-electron chi connectivity index (χ3n) is 2.35. The fourth-order valence-corrected chi connectivity index (χ4v) is 1.62. The highest BCUT2D eigenvalue weighted by molar-refractivity contribution is 5.92. The van der Waals surface area contributed by atoms with Crippen molar-refractivity contribution in [2.45, 2.75) is 32.9 Å². The molecule has 21 heavy (non-hydrogen) atoms. The molecule has 116 valence electrons. The van der Waals surface area contributed by atoms with Gasteiger partial charge >= 0.3 is 6.61 Å². The molecule has 1 amide bonds. The van der Waals surface area contributed by atoms with Crippen molar-refractivity contribution in [2.75, 3.05) is 7.11 Å². The Hall–Kier alpha value is -2.11. The van der Waals surface area contributed by atoms with Crippen molar-refractivity contribution >= 4 is 12.0 Å². The smallest absolute Gasteiger partial charge is 0.387 e. The first-order chi connectivity index (χ1) is 9.73. The molecule has 1 aromatic carbocycles. The van der Waals surface area contributed by atoms with E-state index in [-0.39, 0.29) is 22.9 Å². The SMILES string of the molecule is COc1cccc(/C=C/C(=O)NC(C)(C)C)c1OC(F)F. The van der Waals surface area contributed by atoms with Crippen LogP contribution in [0.1, 0.15) is 26.3 Å². The van der Waals surface area contributed by atoms with Gasteiger partial charge in [-0.25, -0.2) is 0 Å². The average Bonchev–Trinajstić information content (AvgIpc) is 2.34. The molecule has 4 nitrogen and oxygen atoms in total. The Morgan fingerprint density at radius 1 is 1.33 bits per heavy atom. The number of nitrogens with one attached hydrogen (secondary N) is 1. The number of para-hydroxylation sites is 1. The second-order valence-electron chi connectivity index (χ2n) is 5.33. The lowest BCUT2D eigenvalue weighted by molar-refractivity contribution is -0.117. The first kappa shape index (κ1) is 16.9. The van der Waals surface area contributed by atoms with Crippen LogP contribution in [-0.2, 0) is 4.79 Å². The molecule has 0 aliphatic carbocycles. The Labute approximate surface area is 122 Å². The van der Waals surface area contributed by atoms with Crippen molar-refractivity contribution in [2.24, 2.45) is 0 Å². The molecule has 0 spiro atoms. The second kappa shape index (κ2) is 7.06. The molecule has 0 aliphatic rings. The number of hydrogen-bond acceptors (Lipinski definition) is 3. The molecule has 0 heterocycles. The van der Waals surface area contributed by atoms with Gasteiger partial charge in [0.25, 0.3) is 0 Å². The first-order valence-corrected chi connectivity index (χ1v) is 6.35. The highest BCUT2D eigenvalue weighted by Gasteiger charge is 2.15. The number of amides is 1. The zero-order valence-corrected chi connectivity index (χ0v) is 12.4. The van der Waals surface area contributed by atoms with Crippen LogP contribution in [0.4, 0.5) is 8.78 Å². The summed E-state index contributed by atoms with van der Waals surface area (Å²) in [5.74, 6) is -0.253. The number of rotatable bonds is 5. The Bertz CT molecular complexity index is 522. The molecule has 1 aromatic rings. The number of halogens is 2. The van der Waals surface area contributed by atoms with Gasteiger partial charge in [0.1, 0.15) is 0 Å². The molecule has 6 heteroatoms. The summed E-state index contributed by atoms with van der Waals surface area (Å²) in [5.41, 5.74) is -0.0447. The lowest BCUT2D eigenvalue weighted by Crippen LogP contribution is -2.39. The van der Waals surface area contributed by atoms with E-state index in [0.29, 0.717) is 5.56 Å². The maximum absolute atomic E-state index is 12.5. The van der Waals surface area contributed by atoms with Crippen LogP contribution in [0.15, 0.2) is 24.3 Å². The highest BCUT2D eigenvalue weighted by atomic mass is 19.3. The van der Waals surface area contributed by atoms with Gasteiger partial charge in [0.05, 0.1) is 7.11 Å². The van der Waals surface area contributed by atoms with Gasteiger partial charge in [-0.2, -0.15) is 8.78 Å². The van der Waals surface area contributed by atoms with Crippen LogP contribution in [-0.4, -0.2) is 25.2 Å². The largest absolute Gasteiger partial charge is 0.493 e. The van der Waals surface area contributed by atoms with Crippen molar-refractivity contribution < 1.29 is 23.0 Å². The quantitative estimate of drug-likeness (QED) is 0.849.